The Morgan fingerprint density at radius 1 is 1.20 bits per heavy atom. The van der Waals surface area contributed by atoms with Gasteiger partial charge in [0, 0.05) is 23.7 Å². The molecule has 4 rings (SSSR count). The Kier molecular flexibility index (Phi) is 6.62. The van der Waals surface area contributed by atoms with Gasteiger partial charge in [-0.1, -0.05) is 35.9 Å². The fourth-order valence-electron chi connectivity index (χ4n) is 3.10. The first-order chi connectivity index (χ1) is 14.6. The lowest BCUT2D eigenvalue weighted by Crippen LogP contribution is -2.38. The Balaban J connectivity index is 1.46. The average Bonchev–Trinajstić information content (AvgIpc) is 3.14. The SMILES string of the molecule is COc1cc(C=C2SC(N3CCOCC3)=NC2=O)ccc1OCc1ccccc1Cl. The van der Waals surface area contributed by atoms with Gasteiger partial charge < -0.3 is 19.1 Å². The summed E-state index contributed by atoms with van der Waals surface area (Å²) in [5.74, 6) is 0.968. The second-order valence-corrected chi connectivity index (χ2v) is 8.12. The monoisotopic (exact) mass is 444 g/mol. The lowest BCUT2D eigenvalue weighted by Gasteiger charge is -2.27. The van der Waals surface area contributed by atoms with E-state index in [0.29, 0.717) is 41.2 Å². The van der Waals surface area contributed by atoms with Gasteiger partial charge in [-0.3, -0.25) is 4.79 Å². The van der Waals surface area contributed by atoms with Crippen molar-refractivity contribution in [1.29, 1.82) is 0 Å². The summed E-state index contributed by atoms with van der Waals surface area (Å²) < 4.78 is 16.7. The van der Waals surface area contributed by atoms with Gasteiger partial charge in [-0.05, 0) is 41.6 Å². The smallest absolute Gasteiger partial charge is 0.286 e. The summed E-state index contributed by atoms with van der Waals surface area (Å²) in [6, 6.07) is 13.1. The van der Waals surface area contributed by atoms with E-state index in [1.807, 2.05) is 48.5 Å². The first-order valence-corrected chi connectivity index (χ1v) is 10.7. The topological polar surface area (TPSA) is 60.4 Å². The van der Waals surface area contributed by atoms with E-state index >= 15 is 0 Å². The van der Waals surface area contributed by atoms with Crippen molar-refractivity contribution in [3.63, 3.8) is 0 Å². The van der Waals surface area contributed by atoms with Crippen molar-refractivity contribution in [2.75, 3.05) is 33.4 Å². The van der Waals surface area contributed by atoms with Crippen molar-refractivity contribution in [2.24, 2.45) is 4.99 Å². The number of hydrogen-bond acceptors (Lipinski definition) is 6. The molecule has 2 aliphatic rings. The third-order valence-corrected chi connectivity index (χ3v) is 6.13. The molecule has 0 unspecified atom stereocenters. The maximum atomic E-state index is 12.3. The third-order valence-electron chi connectivity index (χ3n) is 4.72. The number of methoxy groups -OCH3 is 1. The summed E-state index contributed by atoms with van der Waals surface area (Å²) in [6.07, 6.45) is 1.82. The zero-order valence-electron chi connectivity index (χ0n) is 16.5. The Morgan fingerprint density at radius 2 is 2.00 bits per heavy atom. The number of amidine groups is 1. The van der Waals surface area contributed by atoms with Gasteiger partial charge in [-0.2, -0.15) is 4.99 Å². The quantitative estimate of drug-likeness (QED) is 0.643. The number of nitrogens with zero attached hydrogens (tertiary/aromatic N) is 2. The molecule has 0 aliphatic carbocycles. The number of amides is 1. The van der Waals surface area contributed by atoms with E-state index in [1.54, 1.807) is 7.11 Å². The van der Waals surface area contributed by atoms with Gasteiger partial charge in [0.25, 0.3) is 5.91 Å². The van der Waals surface area contributed by atoms with E-state index in [1.165, 1.54) is 11.8 Å². The van der Waals surface area contributed by atoms with Crippen LogP contribution in [0.25, 0.3) is 6.08 Å². The standard InChI is InChI=1S/C22H21ClN2O4S/c1-27-19-12-15(6-7-18(19)29-14-16-4-2-3-5-17(16)23)13-20-21(26)24-22(30-20)25-8-10-28-11-9-25/h2-7,12-13H,8-11,14H2,1H3. The number of morpholine rings is 1. The number of rotatable bonds is 5. The highest BCUT2D eigenvalue weighted by molar-refractivity contribution is 8.18. The molecule has 2 aromatic rings. The first kappa shape index (κ1) is 20.8. The zero-order valence-corrected chi connectivity index (χ0v) is 18.0. The zero-order chi connectivity index (χ0) is 20.9. The van der Waals surface area contributed by atoms with Crippen LogP contribution in [0.4, 0.5) is 0 Å². The molecular formula is C22H21ClN2O4S. The Hall–Kier alpha value is -2.48. The summed E-state index contributed by atoms with van der Waals surface area (Å²) >= 11 is 7.58. The van der Waals surface area contributed by atoms with Crippen molar-refractivity contribution >= 4 is 40.5 Å². The largest absolute Gasteiger partial charge is 0.493 e. The number of aliphatic imine (C=N–C) groups is 1. The summed E-state index contributed by atoms with van der Waals surface area (Å²) in [4.78, 5) is 19.2. The van der Waals surface area contributed by atoms with Gasteiger partial charge >= 0.3 is 0 Å². The van der Waals surface area contributed by atoms with Crippen molar-refractivity contribution in [3.05, 3.63) is 63.5 Å². The number of halogens is 1. The van der Waals surface area contributed by atoms with E-state index in [9.17, 15) is 4.79 Å². The third kappa shape index (κ3) is 4.80. The molecule has 2 aromatic carbocycles. The highest BCUT2D eigenvalue weighted by Gasteiger charge is 2.27. The fourth-order valence-corrected chi connectivity index (χ4v) is 4.26. The predicted octanol–water partition coefficient (Wildman–Crippen LogP) is 4.23. The minimum atomic E-state index is -0.223. The summed E-state index contributed by atoms with van der Waals surface area (Å²) in [5.41, 5.74) is 1.74. The molecule has 0 radical (unpaired) electrons. The van der Waals surface area contributed by atoms with Crippen LogP contribution < -0.4 is 9.47 Å². The van der Waals surface area contributed by atoms with Crippen molar-refractivity contribution in [1.82, 2.24) is 4.90 Å². The molecule has 1 amide bonds. The van der Waals surface area contributed by atoms with Gasteiger partial charge in [0.05, 0.1) is 25.2 Å². The molecule has 8 heteroatoms. The van der Waals surface area contributed by atoms with E-state index in [-0.39, 0.29) is 5.91 Å². The molecule has 156 valence electrons. The Morgan fingerprint density at radius 3 is 2.77 bits per heavy atom. The van der Waals surface area contributed by atoms with Crippen LogP contribution in [-0.4, -0.2) is 49.4 Å². The van der Waals surface area contributed by atoms with Gasteiger partial charge in [-0.25, -0.2) is 0 Å². The Bertz CT molecular complexity index is 1000. The molecule has 1 saturated heterocycles. The lowest BCUT2D eigenvalue weighted by molar-refractivity contribution is -0.113. The second kappa shape index (κ2) is 9.55. The lowest BCUT2D eigenvalue weighted by atomic mass is 10.2. The number of ether oxygens (including phenoxy) is 3. The summed E-state index contributed by atoms with van der Waals surface area (Å²) in [7, 11) is 1.59. The summed E-state index contributed by atoms with van der Waals surface area (Å²) in [5, 5.41) is 1.40. The van der Waals surface area contributed by atoms with Crippen LogP contribution in [0, 0.1) is 0 Å². The highest BCUT2D eigenvalue weighted by atomic mass is 35.5. The van der Waals surface area contributed by atoms with Crippen LogP contribution >= 0.6 is 23.4 Å². The van der Waals surface area contributed by atoms with Crippen LogP contribution in [0.1, 0.15) is 11.1 Å². The molecule has 0 bridgehead atoms. The first-order valence-electron chi connectivity index (χ1n) is 9.53. The van der Waals surface area contributed by atoms with Gasteiger partial charge in [-0.15, -0.1) is 0 Å². The van der Waals surface area contributed by atoms with Gasteiger partial charge in [0.2, 0.25) is 0 Å². The predicted molar refractivity (Wildman–Crippen MR) is 119 cm³/mol. The highest BCUT2D eigenvalue weighted by Crippen LogP contribution is 2.34. The van der Waals surface area contributed by atoms with E-state index in [0.717, 1.165) is 29.4 Å². The average molecular weight is 445 g/mol. The van der Waals surface area contributed by atoms with Crippen molar-refractivity contribution < 1.29 is 19.0 Å². The fraction of sp³-hybridized carbons (Fsp3) is 0.273. The number of carbonyl (C=O) groups is 1. The minimum Gasteiger partial charge on any atom is -0.493 e. The normalized spacial score (nSPS) is 17.9. The van der Waals surface area contributed by atoms with E-state index < -0.39 is 0 Å². The molecule has 2 aliphatic heterocycles. The minimum absolute atomic E-state index is 0.223. The van der Waals surface area contributed by atoms with Crippen LogP contribution in [0.3, 0.4) is 0 Å². The van der Waals surface area contributed by atoms with Crippen LogP contribution in [0.2, 0.25) is 5.02 Å². The number of benzene rings is 2. The molecule has 0 saturated carbocycles. The van der Waals surface area contributed by atoms with Gasteiger partial charge in [0.15, 0.2) is 16.7 Å². The molecule has 0 N–H and O–H groups in total. The molecule has 0 atom stereocenters. The molecule has 30 heavy (non-hydrogen) atoms. The summed E-state index contributed by atoms with van der Waals surface area (Å²) in [6.45, 7) is 3.14. The maximum Gasteiger partial charge on any atom is 0.286 e. The van der Waals surface area contributed by atoms with E-state index in [4.69, 9.17) is 25.8 Å². The maximum absolute atomic E-state index is 12.3. The van der Waals surface area contributed by atoms with Crippen LogP contribution in [0.5, 0.6) is 11.5 Å². The molecule has 0 spiro atoms. The van der Waals surface area contributed by atoms with Crippen molar-refractivity contribution in [3.8, 4) is 11.5 Å². The molecule has 2 heterocycles. The molecule has 6 nitrogen and oxygen atoms in total. The Labute approximate surface area is 184 Å². The molecular weight excluding hydrogens is 424 g/mol. The van der Waals surface area contributed by atoms with Crippen LogP contribution in [-0.2, 0) is 16.1 Å². The number of hydrogen-bond donors (Lipinski definition) is 0. The van der Waals surface area contributed by atoms with E-state index in [2.05, 4.69) is 9.89 Å². The van der Waals surface area contributed by atoms with Crippen molar-refractivity contribution in [2.45, 2.75) is 6.61 Å². The molecule has 1 fully saturated rings. The molecule has 0 aromatic heterocycles. The van der Waals surface area contributed by atoms with Crippen LogP contribution in [0.15, 0.2) is 52.4 Å². The number of thioether (sulfide) groups is 1. The van der Waals surface area contributed by atoms with Gasteiger partial charge in [0.1, 0.15) is 6.61 Å². The number of carbonyl (C=O) groups excluding carboxylic acids is 1. The second-order valence-electron chi connectivity index (χ2n) is 6.70.